The van der Waals surface area contributed by atoms with E-state index in [0.717, 1.165) is 17.6 Å². The Hall–Kier alpha value is -4.20. The average Bonchev–Trinajstić information content (AvgIpc) is 3.13. The molecule has 45 heavy (non-hydrogen) atoms. The van der Waals surface area contributed by atoms with Gasteiger partial charge in [-0.15, -0.1) is 0 Å². The van der Waals surface area contributed by atoms with Crippen molar-refractivity contribution in [3.05, 3.63) is 131 Å². The first-order chi connectivity index (χ1) is 21.3. The maximum atomic E-state index is 2.45. The van der Waals surface area contributed by atoms with Crippen molar-refractivity contribution in [2.24, 2.45) is 0 Å². The van der Waals surface area contributed by atoms with E-state index in [2.05, 4.69) is 165 Å². The Bertz CT molecular complexity index is 1910. The zero-order valence-electron chi connectivity index (χ0n) is 28.3. The predicted octanol–water partition coefficient (Wildman–Crippen LogP) is 11.7. The van der Waals surface area contributed by atoms with Crippen LogP contribution in [0.1, 0.15) is 63.8 Å². The van der Waals surface area contributed by atoms with Gasteiger partial charge < -0.3 is 4.48 Å². The highest BCUT2D eigenvalue weighted by Crippen LogP contribution is 2.49. The van der Waals surface area contributed by atoms with Crippen molar-refractivity contribution in [1.82, 2.24) is 0 Å². The molecule has 1 nitrogen and oxygen atoms in total. The first kappa shape index (κ1) is 29.5. The van der Waals surface area contributed by atoms with Crippen molar-refractivity contribution in [1.29, 1.82) is 0 Å². The van der Waals surface area contributed by atoms with Gasteiger partial charge in [0.25, 0.3) is 0 Å². The molecule has 6 aromatic carbocycles. The molecule has 0 saturated carbocycles. The molecule has 0 aromatic heterocycles. The fraction of sp³-hybridized carbons (Fsp3) is 0.273. The Morgan fingerprint density at radius 2 is 0.822 bits per heavy atom. The number of nitrogens with zero attached hydrogens (tertiary/aromatic N) is 1. The van der Waals surface area contributed by atoms with Crippen LogP contribution in [-0.4, -0.2) is 18.6 Å². The van der Waals surface area contributed by atoms with E-state index in [1.165, 1.54) is 77.2 Å². The molecule has 0 unspecified atom stereocenters. The van der Waals surface area contributed by atoms with Crippen LogP contribution in [0.4, 0.5) is 0 Å². The van der Waals surface area contributed by atoms with Crippen molar-refractivity contribution in [2.45, 2.75) is 65.5 Å². The summed E-state index contributed by atoms with van der Waals surface area (Å²) in [5.74, 6) is 0. The molecule has 0 radical (unpaired) electrons. The molecule has 0 N–H and O–H groups in total. The van der Waals surface area contributed by atoms with Crippen LogP contribution in [-0.2, 0) is 23.9 Å². The summed E-state index contributed by atoms with van der Waals surface area (Å²) in [5.41, 5.74) is 14.0. The average molecular weight is 589 g/mol. The van der Waals surface area contributed by atoms with Crippen LogP contribution in [0.3, 0.4) is 0 Å². The summed E-state index contributed by atoms with van der Waals surface area (Å²) in [4.78, 5) is 0. The zero-order chi connectivity index (χ0) is 31.7. The molecule has 0 spiro atoms. The van der Waals surface area contributed by atoms with Gasteiger partial charge in [-0.25, -0.2) is 0 Å². The van der Waals surface area contributed by atoms with Gasteiger partial charge in [0, 0.05) is 22.3 Å². The van der Waals surface area contributed by atoms with Gasteiger partial charge in [-0.2, -0.15) is 0 Å². The van der Waals surface area contributed by atoms with E-state index in [0.29, 0.717) is 0 Å². The van der Waals surface area contributed by atoms with Gasteiger partial charge >= 0.3 is 0 Å². The molecule has 1 heteroatoms. The summed E-state index contributed by atoms with van der Waals surface area (Å²) in [5, 5.41) is 5.29. The Balaban J connectivity index is 1.59. The van der Waals surface area contributed by atoms with Gasteiger partial charge in [0.2, 0.25) is 0 Å². The maximum absolute atomic E-state index is 2.45. The van der Waals surface area contributed by atoms with Gasteiger partial charge in [0.1, 0.15) is 13.1 Å². The topological polar surface area (TPSA) is 0 Å². The number of hydrogen-bond acceptors (Lipinski definition) is 0. The molecule has 0 amide bonds. The number of fused-ring (bicyclic) bond motifs is 7. The molecule has 0 saturated heterocycles. The van der Waals surface area contributed by atoms with Crippen molar-refractivity contribution >= 4 is 21.5 Å². The lowest BCUT2D eigenvalue weighted by Crippen LogP contribution is -2.37. The molecule has 1 aliphatic heterocycles. The third-order valence-electron chi connectivity index (χ3n) is 9.86. The van der Waals surface area contributed by atoms with Crippen LogP contribution >= 0.6 is 0 Å². The van der Waals surface area contributed by atoms with Crippen molar-refractivity contribution in [2.75, 3.05) is 14.1 Å². The van der Waals surface area contributed by atoms with E-state index in [4.69, 9.17) is 0 Å². The van der Waals surface area contributed by atoms with Crippen molar-refractivity contribution in [3.8, 4) is 33.4 Å². The lowest BCUT2D eigenvalue weighted by molar-refractivity contribution is -0.916. The Kier molecular flexibility index (Phi) is 6.84. The van der Waals surface area contributed by atoms with Crippen LogP contribution in [0.2, 0.25) is 0 Å². The molecule has 1 aliphatic rings. The number of hydrogen-bond donors (Lipinski definition) is 0. The van der Waals surface area contributed by atoms with Crippen molar-refractivity contribution < 1.29 is 4.48 Å². The minimum absolute atomic E-state index is 0.122. The summed E-state index contributed by atoms with van der Waals surface area (Å²) in [6, 6.07) is 41.7. The first-order valence-electron chi connectivity index (χ1n) is 16.4. The smallest absolute Gasteiger partial charge is 0.105 e. The van der Waals surface area contributed by atoms with Gasteiger partial charge in [0.15, 0.2) is 0 Å². The molecule has 226 valence electrons. The molecule has 6 aromatic rings. The lowest BCUT2D eigenvalue weighted by atomic mass is 9.81. The molecule has 0 fully saturated rings. The second-order valence-electron chi connectivity index (χ2n) is 15.9. The zero-order valence-corrected chi connectivity index (χ0v) is 28.3. The number of rotatable bonds is 2. The fourth-order valence-electron chi connectivity index (χ4n) is 7.41. The Morgan fingerprint density at radius 3 is 1.18 bits per heavy atom. The van der Waals surface area contributed by atoms with Crippen LogP contribution < -0.4 is 0 Å². The Morgan fingerprint density at radius 1 is 0.467 bits per heavy atom. The fourth-order valence-corrected chi connectivity index (χ4v) is 7.41. The van der Waals surface area contributed by atoms with Gasteiger partial charge in [0.05, 0.1) is 14.1 Å². The molecular formula is C44H46N+. The maximum Gasteiger partial charge on any atom is 0.105 e. The van der Waals surface area contributed by atoms with E-state index < -0.39 is 0 Å². The standard InChI is InChI=1S/C44H46N/c1-43(2,3)33-21-17-29(18-22-33)37-25-31-13-9-11-15-35(31)41-39(37)27-45(7,8)28-40-38(26-32-14-10-12-16-36(32)42(40)41)30-19-23-34(24-20-30)44(4,5)6/h9-26H,27-28H2,1-8H3/q+1. The second-order valence-corrected chi connectivity index (χ2v) is 15.9. The summed E-state index contributed by atoms with van der Waals surface area (Å²) >= 11 is 0. The second kappa shape index (κ2) is 10.4. The third-order valence-corrected chi connectivity index (χ3v) is 9.86. The molecule has 0 bridgehead atoms. The highest BCUT2D eigenvalue weighted by Gasteiger charge is 2.33. The third kappa shape index (κ3) is 5.28. The molecule has 0 atom stereocenters. The quantitative estimate of drug-likeness (QED) is 0.177. The summed E-state index contributed by atoms with van der Waals surface area (Å²) < 4.78 is 0.886. The van der Waals surface area contributed by atoms with Crippen molar-refractivity contribution in [3.63, 3.8) is 0 Å². The molecule has 0 aliphatic carbocycles. The monoisotopic (exact) mass is 588 g/mol. The Labute approximate surface area is 269 Å². The number of quaternary nitrogens is 1. The molecule has 1 heterocycles. The minimum Gasteiger partial charge on any atom is -0.321 e. The highest BCUT2D eigenvalue weighted by molar-refractivity contribution is 6.11. The summed E-state index contributed by atoms with van der Waals surface area (Å²) in [6.45, 7) is 15.7. The predicted molar refractivity (Wildman–Crippen MR) is 195 cm³/mol. The largest absolute Gasteiger partial charge is 0.321 e. The highest BCUT2D eigenvalue weighted by atomic mass is 15.3. The van der Waals surface area contributed by atoms with E-state index in [-0.39, 0.29) is 10.8 Å². The number of benzene rings is 6. The summed E-state index contributed by atoms with van der Waals surface area (Å²) in [6.07, 6.45) is 0. The van der Waals surface area contributed by atoms with Gasteiger partial charge in [-0.3, -0.25) is 0 Å². The van der Waals surface area contributed by atoms with E-state index >= 15 is 0 Å². The van der Waals surface area contributed by atoms with Crippen LogP contribution in [0.25, 0.3) is 54.9 Å². The van der Waals surface area contributed by atoms with Crippen LogP contribution in [0, 0.1) is 0 Å². The molecule has 7 rings (SSSR count). The van der Waals surface area contributed by atoms with Crippen LogP contribution in [0.15, 0.2) is 109 Å². The van der Waals surface area contributed by atoms with E-state index in [9.17, 15) is 0 Å². The molecular weight excluding hydrogens is 542 g/mol. The normalized spacial score (nSPS) is 14.7. The SMILES string of the molecule is CC(C)(C)c1ccc(-c2cc3ccccc3c3c2C[N+](C)(C)Cc2c(-c4ccc(C(C)(C)C)cc4)cc4ccccc4c2-3)cc1. The van der Waals surface area contributed by atoms with Gasteiger partial charge in [-0.05, 0) is 77.9 Å². The van der Waals surface area contributed by atoms with E-state index in [1.54, 1.807) is 0 Å². The van der Waals surface area contributed by atoms with Gasteiger partial charge in [-0.1, -0.05) is 139 Å². The summed E-state index contributed by atoms with van der Waals surface area (Å²) in [7, 11) is 4.81. The first-order valence-corrected chi connectivity index (χ1v) is 16.4. The van der Waals surface area contributed by atoms with E-state index in [1.807, 2.05) is 0 Å². The van der Waals surface area contributed by atoms with Crippen LogP contribution in [0.5, 0.6) is 0 Å². The lowest BCUT2D eigenvalue weighted by Gasteiger charge is -2.30. The minimum atomic E-state index is 0.122.